The first-order valence-corrected chi connectivity index (χ1v) is 6.36. The van der Waals surface area contributed by atoms with Crippen LogP contribution in [0.15, 0.2) is 18.2 Å². The monoisotopic (exact) mass is 292 g/mol. The normalized spacial score (nSPS) is 10.8. The zero-order chi connectivity index (χ0) is 15.4. The number of benzene rings is 1. The Balaban J connectivity index is 2.54. The molecule has 1 aromatic heterocycles. The smallest absolute Gasteiger partial charge is 0.273 e. The number of nitrogens with zero attached hydrogens (tertiary/aromatic N) is 4. The highest BCUT2D eigenvalue weighted by Crippen LogP contribution is 2.29. The molecule has 0 saturated carbocycles. The van der Waals surface area contributed by atoms with Gasteiger partial charge >= 0.3 is 0 Å². The zero-order valence-electron chi connectivity index (χ0n) is 11.8. The van der Waals surface area contributed by atoms with Gasteiger partial charge in [-0.2, -0.15) is 0 Å². The molecular formula is C13H16N4O4. The van der Waals surface area contributed by atoms with Crippen LogP contribution in [0.3, 0.4) is 0 Å². The van der Waals surface area contributed by atoms with Crippen LogP contribution in [0.1, 0.15) is 11.4 Å². The largest absolute Gasteiger partial charge is 0.388 e. The quantitative estimate of drug-likeness (QED) is 0.635. The summed E-state index contributed by atoms with van der Waals surface area (Å²) in [5, 5.41) is 28.3. The van der Waals surface area contributed by atoms with Gasteiger partial charge in [-0.05, 0) is 6.92 Å². The summed E-state index contributed by atoms with van der Waals surface area (Å²) in [5.41, 5.74) is 1.16. The molecule has 2 rings (SSSR count). The molecule has 1 heterocycles. The SMILES string of the molecule is COCCn1c(CO)nnc1-c1cccc([N+](=O)[O-])c1C. The molecule has 0 saturated heterocycles. The van der Waals surface area contributed by atoms with Gasteiger partial charge in [0.1, 0.15) is 6.61 Å². The second-order valence-electron chi connectivity index (χ2n) is 4.45. The Morgan fingerprint density at radius 1 is 1.43 bits per heavy atom. The van der Waals surface area contributed by atoms with Crippen molar-refractivity contribution in [2.75, 3.05) is 13.7 Å². The molecule has 1 aromatic carbocycles. The number of ether oxygens (including phenoxy) is 1. The molecule has 0 spiro atoms. The van der Waals surface area contributed by atoms with E-state index in [9.17, 15) is 15.2 Å². The van der Waals surface area contributed by atoms with Crippen LogP contribution in [0.5, 0.6) is 0 Å². The van der Waals surface area contributed by atoms with E-state index in [2.05, 4.69) is 10.2 Å². The van der Waals surface area contributed by atoms with Crippen LogP contribution < -0.4 is 0 Å². The van der Waals surface area contributed by atoms with Crippen molar-refractivity contribution in [1.82, 2.24) is 14.8 Å². The van der Waals surface area contributed by atoms with Gasteiger partial charge in [-0.1, -0.05) is 12.1 Å². The maximum Gasteiger partial charge on any atom is 0.273 e. The Bertz CT molecular complexity index is 654. The van der Waals surface area contributed by atoms with Crippen LogP contribution in [0, 0.1) is 17.0 Å². The van der Waals surface area contributed by atoms with E-state index in [0.29, 0.717) is 35.9 Å². The standard InChI is InChI=1S/C13H16N4O4/c1-9-10(4-3-5-11(9)17(19)20)13-15-14-12(8-18)16(13)6-7-21-2/h3-5,18H,6-8H2,1-2H3. The summed E-state index contributed by atoms with van der Waals surface area (Å²) in [6, 6.07) is 4.80. The van der Waals surface area contributed by atoms with Gasteiger partial charge in [0.2, 0.25) is 0 Å². The number of nitro groups is 1. The second kappa shape index (κ2) is 6.42. The summed E-state index contributed by atoms with van der Waals surface area (Å²) in [6.45, 7) is 2.29. The molecule has 0 aliphatic carbocycles. The number of aliphatic hydroxyl groups is 1. The molecular weight excluding hydrogens is 276 g/mol. The molecule has 0 atom stereocenters. The molecule has 0 unspecified atom stereocenters. The minimum atomic E-state index is -0.429. The molecule has 0 fully saturated rings. The predicted molar refractivity (Wildman–Crippen MR) is 74.6 cm³/mol. The van der Waals surface area contributed by atoms with Crippen LogP contribution in [0.25, 0.3) is 11.4 Å². The topological polar surface area (TPSA) is 103 Å². The van der Waals surface area contributed by atoms with Gasteiger partial charge in [-0.25, -0.2) is 0 Å². The third-order valence-corrected chi connectivity index (χ3v) is 3.23. The van der Waals surface area contributed by atoms with Gasteiger partial charge in [0, 0.05) is 30.8 Å². The van der Waals surface area contributed by atoms with E-state index in [-0.39, 0.29) is 12.3 Å². The highest BCUT2D eigenvalue weighted by Gasteiger charge is 2.19. The lowest BCUT2D eigenvalue weighted by Gasteiger charge is -2.10. The number of nitro benzene ring substituents is 1. The summed E-state index contributed by atoms with van der Waals surface area (Å²) >= 11 is 0. The van der Waals surface area contributed by atoms with Gasteiger partial charge < -0.3 is 14.4 Å². The van der Waals surface area contributed by atoms with E-state index >= 15 is 0 Å². The predicted octanol–water partition coefficient (Wildman–Crippen LogP) is 1.30. The Labute approximate surface area is 121 Å². The van der Waals surface area contributed by atoms with Crippen molar-refractivity contribution in [3.05, 3.63) is 39.7 Å². The molecule has 21 heavy (non-hydrogen) atoms. The minimum Gasteiger partial charge on any atom is -0.388 e. The van der Waals surface area contributed by atoms with E-state index in [1.54, 1.807) is 30.7 Å². The summed E-state index contributed by atoms with van der Waals surface area (Å²) in [6.07, 6.45) is 0. The number of aromatic nitrogens is 3. The van der Waals surface area contributed by atoms with E-state index in [1.165, 1.54) is 6.07 Å². The average Bonchev–Trinajstić information content (AvgIpc) is 2.87. The Hall–Kier alpha value is -2.32. The van der Waals surface area contributed by atoms with Gasteiger partial charge in [0.05, 0.1) is 11.5 Å². The first-order valence-electron chi connectivity index (χ1n) is 6.36. The van der Waals surface area contributed by atoms with E-state index in [1.807, 2.05) is 0 Å². The number of rotatable bonds is 6. The first-order chi connectivity index (χ1) is 10.1. The van der Waals surface area contributed by atoms with Crippen LogP contribution in [0.4, 0.5) is 5.69 Å². The maximum absolute atomic E-state index is 11.0. The lowest BCUT2D eigenvalue weighted by Crippen LogP contribution is -2.10. The van der Waals surface area contributed by atoms with E-state index in [0.717, 1.165) is 0 Å². The minimum absolute atomic E-state index is 0.0272. The first kappa shape index (κ1) is 15.1. The molecule has 0 radical (unpaired) electrons. The van der Waals surface area contributed by atoms with Gasteiger partial charge in [0.25, 0.3) is 5.69 Å². The van der Waals surface area contributed by atoms with Crippen molar-refractivity contribution in [2.24, 2.45) is 0 Å². The van der Waals surface area contributed by atoms with Gasteiger partial charge in [0.15, 0.2) is 11.6 Å². The number of aliphatic hydroxyl groups excluding tert-OH is 1. The van der Waals surface area contributed by atoms with Gasteiger partial charge in [-0.3, -0.25) is 10.1 Å². The number of methoxy groups -OCH3 is 1. The lowest BCUT2D eigenvalue weighted by atomic mass is 10.1. The van der Waals surface area contributed by atoms with Crippen LogP contribution in [-0.4, -0.2) is 38.5 Å². The Morgan fingerprint density at radius 2 is 2.19 bits per heavy atom. The van der Waals surface area contributed by atoms with Crippen molar-refractivity contribution in [3.63, 3.8) is 0 Å². The maximum atomic E-state index is 11.0. The van der Waals surface area contributed by atoms with Crippen molar-refractivity contribution in [2.45, 2.75) is 20.1 Å². The van der Waals surface area contributed by atoms with E-state index < -0.39 is 4.92 Å². The summed E-state index contributed by atoms with van der Waals surface area (Å²) in [7, 11) is 1.57. The second-order valence-corrected chi connectivity index (χ2v) is 4.45. The average molecular weight is 292 g/mol. The molecule has 8 nitrogen and oxygen atoms in total. The highest BCUT2D eigenvalue weighted by molar-refractivity contribution is 5.66. The van der Waals surface area contributed by atoms with Crippen LogP contribution in [0.2, 0.25) is 0 Å². The fourth-order valence-corrected chi connectivity index (χ4v) is 2.13. The van der Waals surface area contributed by atoms with E-state index in [4.69, 9.17) is 4.74 Å². The van der Waals surface area contributed by atoms with Crippen LogP contribution in [-0.2, 0) is 17.9 Å². The molecule has 1 N–H and O–H groups in total. The molecule has 0 amide bonds. The molecule has 2 aromatic rings. The van der Waals surface area contributed by atoms with Crippen molar-refractivity contribution in [1.29, 1.82) is 0 Å². The van der Waals surface area contributed by atoms with Crippen molar-refractivity contribution in [3.8, 4) is 11.4 Å². The lowest BCUT2D eigenvalue weighted by molar-refractivity contribution is -0.385. The van der Waals surface area contributed by atoms with Crippen molar-refractivity contribution < 1.29 is 14.8 Å². The molecule has 112 valence electrons. The summed E-state index contributed by atoms with van der Waals surface area (Å²) in [4.78, 5) is 10.6. The van der Waals surface area contributed by atoms with Gasteiger partial charge in [-0.15, -0.1) is 10.2 Å². The third-order valence-electron chi connectivity index (χ3n) is 3.23. The fourth-order valence-electron chi connectivity index (χ4n) is 2.13. The number of hydrogen-bond acceptors (Lipinski definition) is 6. The molecule has 0 aliphatic heterocycles. The van der Waals surface area contributed by atoms with Crippen LogP contribution >= 0.6 is 0 Å². The number of hydrogen-bond donors (Lipinski definition) is 1. The molecule has 0 aliphatic rings. The molecule has 8 heteroatoms. The molecule has 0 bridgehead atoms. The third kappa shape index (κ3) is 2.91. The Kier molecular flexibility index (Phi) is 4.61. The zero-order valence-corrected chi connectivity index (χ0v) is 11.8. The highest BCUT2D eigenvalue weighted by atomic mass is 16.6. The summed E-state index contributed by atoms with van der Waals surface area (Å²) < 4.78 is 6.74. The summed E-state index contributed by atoms with van der Waals surface area (Å²) in [5.74, 6) is 0.880. The Morgan fingerprint density at radius 3 is 2.81 bits per heavy atom. The van der Waals surface area contributed by atoms with Crippen molar-refractivity contribution >= 4 is 5.69 Å². The fraction of sp³-hybridized carbons (Fsp3) is 0.385.